The lowest BCUT2D eigenvalue weighted by atomic mass is 9.94. The number of nitrogens with zero attached hydrogens (tertiary/aromatic N) is 12. The second-order valence-electron chi connectivity index (χ2n) is 27.1. The molecule has 0 heterocycles. The summed E-state index contributed by atoms with van der Waals surface area (Å²) in [4.78, 5) is 18.3. The first-order chi connectivity index (χ1) is 58.0. The number of hydrogen-bond acceptors (Lipinski definition) is 10. The molecule has 0 saturated heterocycles. The first-order valence-electron chi connectivity index (χ1n) is 35.1. The lowest BCUT2D eigenvalue weighted by Crippen LogP contribution is -2.36. The zero-order valence-corrected chi connectivity index (χ0v) is 63.1. The van der Waals surface area contributed by atoms with Gasteiger partial charge in [0.25, 0.3) is 9.84 Å². The third kappa shape index (κ3) is 14.7. The largest absolute Gasteiger partial charge is 0.772 e. The molecular weight excluding hydrogens is 1610 g/mol. The minimum atomic E-state index is -6.38. The zero-order chi connectivity index (χ0) is 87.0. The van der Waals surface area contributed by atoms with Gasteiger partial charge in [0.05, 0.1) is 21.6 Å². The van der Waals surface area contributed by atoms with Crippen molar-refractivity contribution in [2.45, 2.75) is 54.7 Å². The molecule has 0 fully saturated rings. The molecule has 0 N–H and O–H groups in total. The van der Waals surface area contributed by atoms with Gasteiger partial charge in [-0.05, 0) is 225 Å². The molecule has 0 aliphatic heterocycles. The quantitative estimate of drug-likeness (QED) is 0.0572. The number of benzene rings is 9. The topological polar surface area (TPSA) is 243 Å². The summed E-state index contributed by atoms with van der Waals surface area (Å²) in [5, 5.41) is 58.1. The fourth-order valence-corrected chi connectivity index (χ4v) is 17.8. The van der Waals surface area contributed by atoms with Crippen LogP contribution in [0.1, 0.15) is 72.3 Å². The van der Waals surface area contributed by atoms with Crippen LogP contribution in [0.2, 0.25) is 0 Å². The molecule has 582 valence electrons. The summed E-state index contributed by atoms with van der Waals surface area (Å²) < 4.78 is 212. The van der Waals surface area contributed by atoms with Gasteiger partial charge in [0.2, 0.25) is 0 Å². The minimum Gasteiger partial charge on any atom is -0.772 e. The lowest BCUT2D eigenvalue weighted by molar-refractivity contribution is -0.0437. The van der Waals surface area contributed by atoms with E-state index in [2.05, 4.69) is 29.1 Å². The molecule has 9 aromatic rings. The van der Waals surface area contributed by atoms with Crippen molar-refractivity contribution < 1.29 is 65.5 Å². The van der Waals surface area contributed by atoms with E-state index in [1.54, 1.807) is 48.5 Å². The Kier molecular flexibility index (Phi) is 22.7. The van der Waals surface area contributed by atoms with Crippen LogP contribution in [-0.2, 0) is 65.2 Å². The van der Waals surface area contributed by atoms with Crippen LogP contribution in [0.25, 0.3) is 62.5 Å². The maximum Gasteiger partial charge on any atom is 0.523 e. The van der Waals surface area contributed by atoms with Crippen molar-refractivity contribution >= 4 is 54.4 Å². The summed E-state index contributed by atoms with van der Waals surface area (Å²) in [6.45, 7) is 45.0. The van der Waals surface area contributed by atoms with E-state index in [1.807, 2.05) is 24.3 Å². The van der Waals surface area contributed by atoms with Crippen molar-refractivity contribution in [2.24, 2.45) is 0 Å². The number of allylic oxidation sites excluding steroid dienone is 9. The number of nitriles is 6. The van der Waals surface area contributed by atoms with Crippen LogP contribution in [0, 0.1) is 154 Å². The Hall–Kier alpha value is -16.2. The summed E-state index contributed by atoms with van der Waals surface area (Å²) in [6.07, 6.45) is -1.28. The van der Waals surface area contributed by atoms with Crippen molar-refractivity contribution in [3.63, 3.8) is 0 Å². The second kappa shape index (κ2) is 33.2. The molecule has 6 aliphatic carbocycles. The van der Waals surface area contributed by atoms with Crippen LogP contribution in [0.5, 0.6) is 0 Å². The summed E-state index contributed by atoms with van der Waals surface area (Å²) >= 11 is -2.99. The van der Waals surface area contributed by atoms with Crippen molar-refractivity contribution in [1.29, 1.82) is 31.6 Å². The Morgan fingerprint density at radius 3 is 1.02 bits per heavy atom. The monoisotopic (exact) mass is 1650 g/mol. The van der Waals surface area contributed by atoms with E-state index in [9.17, 15) is 88.3 Å². The summed E-state index contributed by atoms with van der Waals surface area (Å²) in [7, 11) is -6.38. The SMILES string of the molecule is [C-]#[N+]C([N+]#[C-])=C1Cc2c(CS(=O)[O-])c3c(c(S(=O)(=O)C(F)(F)F)c2=C1c1cccc(F)c1)CC(=C(C#N)C#N)C=3c1cccc(F)c1.[C-]#[N+]C([N+]#[C-])=C1Cc2c(F)c3c(c(F)c2=C1c1ccc(F)cc1)CC(=C(C#N)C#N)C=3c1ccc(F)cc1.[C-]#[N+]C([N+]#[C-])=C1Cc2cc3c(cc2=C1c1ccc(F)cc1)CC(=C(C#N)C#N)C=3c1ccc(F)cc1. The van der Waals surface area contributed by atoms with Gasteiger partial charge in [0.15, 0.2) is 0 Å². The molecule has 0 radical (unpaired) electrons. The van der Waals surface area contributed by atoms with Crippen LogP contribution in [0.3, 0.4) is 0 Å². The first-order valence-corrected chi connectivity index (χ1v) is 37.9. The van der Waals surface area contributed by atoms with Gasteiger partial charge in [-0.2, -0.15) is 73.8 Å². The molecule has 1 atom stereocenters. The average molecular weight is 1650 g/mol. The number of alkyl halides is 3. The van der Waals surface area contributed by atoms with Crippen molar-refractivity contribution in [2.75, 3.05) is 0 Å². The van der Waals surface area contributed by atoms with Crippen LogP contribution in [0.4, 0.5) is 48.3 Å². The van der Waals surface area contributed by atoms with Crippen LogP contribution in [0.15, 0.2) is 230 Å². The highest BCUT2D eigenvalue weighted by Gasteiger charge is 2.52. The Balaban J connectivity index is 0.000000158. The molecular formula is C92H40F11N12O4S2-. The summed E-state index contributed by atoms with van der Waals surface area (Å²) in [5.41, 5.74) is -3.11. The minimum absolute atomic E-state index is 0.00249. The van der Waals surface area contributed by atoms with E-state index in [1.165, 1.54) is 72.8 Å². The molecule has 15 rings (SSSR count). The van der Waals surface area contributed by atoms with Gasteiger partial charge >= 0.3 is 23.0 Å². The Labute approximate surface area is 682 Å². The second-order valence-corrected chi connectivity index (χ2v) is 29.9. The predicted octanol–water partition coefficient (Wildman–Crippen LogP) is 14.6. The molecule has 1 unspecified atom stereocenters. The molecule has 0 aromatic heterocycles. The highest BCUT2D eigenvalue weighted by Crippen LogP contribution is 2.44. The van der Waals surface area contributed by atoms with Gasteiger partial charge in [-0.25, -0.2) is 43.5 Å². The number of hydrogen-bond donors (Lipinski definition) is 0. The number of fused-ring (bicyclic) bond motifs is 6. The van der Waals surface area contributed by atoms with Gasteiger partial charge < -0.3 is 4.55 Å². The zero-order valence-electron chi connectivity index (χ0n) is 61.4. The highest BCUT2D eigenvalue weighted by atomic mass is 32.2. The van der Waals surface area contributed by atoms with Crippen LogP contribution in [-0.4, -0.2) is 22.7 Å². The Morgan fingerprint density at radius 1 is 0.372 bits per heavy atom. The van der Waals surface area contributed by atoms with E-state index in [0.717, 1.165) is 70.1 Å². The van der Waals surface area contributed by atoms with Crippen molar-refractivity contribution in [1.82, 2.24) is 0 Å². The number of rotatable bonds is 9. The van der Waals surface area contributed by atoms with E-state index in [-0.39, 0.29) is 129 Å². The van der Waals surface area contributed by atoms with Crippen molar-refractivity contribution in [3.05, 3.63) is 444 Å². The summed E-state index contributed by atoms with van der Waals surface area (Å²) in [5.74, 6) is -7.30. The van der Waals surface area contributed by atoms with Gasteiger partial charge in [-0.3, -0.25) is 4.21 Å². The molecule has 0 bridgehead atoms. The summed E-state index contributed by atoms with van der Waals surface area (Å²) in [6, 6.07) is 45.2. The third-order valence-electron chi connectivity index (χ3n) is 20.8. The third-order valence-corrected chi connectivity index (χ3v) is 22.9. The van der Waals surface area contributed by atoms with Gasteiger partial charge in [-0.15, -0.1) is 0 Å². The lowest BCUT2D eigenvalue weighted by Gasteiger charge is -2.18. The number of sulfone groups is 1. The van der Waals surface area contributed by atoms with Crippen LogP contribution < -0.4 is 31.3 Å². The smallest absolute Gasteiger partial charge is 0.523 e. The van der Waals surface area contributed by atoms with E-state index in [0.29, 0.717) is 57.4 Å². The molecule has 121 heavy (non-hydrogen) atoms. The molecule has 0 spiro atoms. The van der Waals surface area contributed by atoms with Crippen LogP contribution >= 0.6 is 0 Å². The Bertz CT molecular complexity index is 7230. The average Bonchev–Trinajstić information content (AvgIpc) is 1.56. The van der Waals surface area contributed by atoms with E-state index in [4.69, 9.17) is 39.4 Å². The van der Waals surface area contributed by atoms with Gasteiger partial charge in [0, 0.05) is 58.2 Å². The number of halogens is 11. The maximum atomic E-state index is 16.4. The normalized spacial score (nSPS) is 13.7. The van der Waals surface area contributed by atoms with E-state index >= 15 is 8.78 Å². The van der Waals surface area contributed by atoms with Gasteiger partial charge in [-0.1, -0.05) is 83.9 Å². The molecule has 0 saturated carbocycles. The Morgan fingerprint density at radius 2 is 0.669 bits per heavy atom. The first kappa shape index (κ1) is 82.8. The fraction of sp³-hybridized carbons (Fsp3) is 0.0870. The molecule has 9 aromatic carbocycles. The maximum absolute atomic E-state index is 16.4. The highest BCUT2D eigenvalue weighted by molar-refractivity contribution is 7.92. The van der Waals surface area contributed by atoms with Crippen molar-refractivity contribution in [3.8, 4) is 36.4 Å². The van der Waals surface area contributed by atoms with Gasteiger partial charge in [0.1, 0.15) is 139 Å². The fourth-order valence-electron chi connectivity index (χ4n) is 16.0. The molecule has 6 aliphatic rings. The van der Waals surface area contributed by atoms with E-state index < -0.39 is 118 Å². The molecule has 0 amide bonds. The molecule has 16 nitrogen and oxygen atoms in total. The predicted molar refractivity (Wildman–Crippen MR) is 414 cm³/mol. The molecule has 29 heteroatoms. The standard InChI is InChI=1S/C32H15F5N4O4S2.C30H12F4N4.C30H14F2N4/c1-40-31(41-2)24-12-22-25(15-46(42)43)28-23(11-21(18(13-38)14-39)26(28)16-5-3-7-19(33)9-16)30(47(44,45)32(35,36)37)29(22)27(24)17-6-4-8-20(34)10-17;1-37-30(38-2)23-12-22-27(25(23)16-5-9-19(32)10-6-16)28(33)21-11-20(17(13-35)14-36)24(26(21)29(22)34)15-3-7-18(31)8-4-15;1-35-30(36-2)27-14-20-12-24-19(11-25(20)29(27)18-5-9-23(32)10-6-18)13-26(21(15-33)16-34)28(24)17-3-7-22(31)8-4-17/h3-10H,11-12,15H2,(H,42,43);3-10H,11-12H2;3-12H,13-14H2/p-1.